The molecule has 4 fully saturated rings. The summed E-state index contributed by atoms with van der Waals surface area (Å²) in [4.78, 5) is 11.8. The molecule has 4 aliphatic rings. The Morgan fingerprint density at radius 3 is 2.41 bits per heavy atom. The van der Waals surface area contributed by atoms with Crippen LogP contribution in [-0.4, -0.2) is 11.1 Å². The molecule has 4 saturated carbocycles. The van der Waals surface area contributed by atoms with Gasteiger partial charge in [-0.25, -0.2) is 5.48 Å². The van der Waals surface area contributed by atoms with Gasteiger partial charge in [0.2, 0.25) is 5.91 Å². The van der Waals surface area contributed by atoms with Gasteiger partial charge in [-0.3, -0.25) is 10.0 Å². The largest absolute Gasteiger partial charge is 0.289 e. The topological polar surface area (TPSA) is 49.3 Å². The van der Waals surface area contributed by atoms with Crippen LogP contribution in [-0.2, 0) is 10.2 Å². The number of rotatable bonds is 3. The van der Waals surface area contributed by atoms with Crippen LogP contribution in [0, 0.1) is 17.3 Å². The molecule has 0 radical (unpaired) electrons. The van der Waals surface area contributed by atoms with Gasteiger partial charge in [0.05, 0.1) is 0 Å². The van der Waals surface area contributed by atoms with Crippen molar-refractivity contribution in [3.8, 4) is 0 Å². The number of amides is 1. The number of carbonyl (C=O) groups is 1. The first-order chi connectivity index (χ1) is 10.5. The number of nitrogens with one attached hydrogen (secondary N) is 1. The van der Waals surface area contributed by atoms with Crippen LogP contribution in [0.25, 0.3) is 0 Å². The minimum Gasteiger partial charge on any atom is -0.289 e. The monoisotopic (exact) mass is 363 g/mol. The quantitative estimate of drug-likeness (QED) is 0.624. The molecule has 0 aliphatic heterocycles. The summed E-state index contributed by atoms with van der Waals surface area (Å²) in [6, 6.07) is 8.80. The molecular weight excluding hydrogens is 342 g/mol. The molecule has 0 aromatic heterocycles. The fourth-order valence-corrected chi connectivity index (χ4v) is 6.44. The molecule has 1 aromatic rings. The van der Waals surface area contributed by atoms with Crippen molar-refractivity contribution < 1.29 is 10.0 Å². The van der Waals surface area contributed by atoms with E-state index in [-0.39, 0.29) is 16.7 Å². The van der Waals surface area contributed by atoms with Crippen molar-refractivity contribution in [1.29, 1.82) is 0 Å². The number of hydrogen-bond acceptors (Lipinski definition) is 2. The first-order valence-corrected chi connectivity index (χ1v) is 9.01. The SMILES string of the molecule is O=C(CC12CC3CC(C1)CC(c1ccc(Br)cc1)(C3)C2)NO. The molecule has 118 valence electrons. The van der Waals surface area contributed by atoms with E-state index in [2.05, 4.69) is 40.2 Å². The molecule has 4 aliphatic carbocycles. The van der Waals surface area contributed by atoms with E-state index in [1.165, 1.54) is 24.8 Å². The van der Waals surface area contributed by atoms with Crippen molar-refractivity contribution in [2.24, 2.45) is 17.3 Å². The predicted molar refractivity (Wildman–Crippen MR) is 87.5 cm³/mol. The number of hydrogen-bond donors (Lipinski definition) is 2. The van der Waals surface area contributed by atoms with Crippen molar-refractivity contribution in [2.45, 2.75) is 50.4 Å². The van der Waals surface area contributed by atoms with Gasteiger partial charge >= 0.3 is 0 Å². The highest BCUT2D eigenvalue weighted by Crippen LogP contribution is 2.66. The van der Waals surface area contributed by atoms with E-state index in [9.17, 15) is 4.79 Å². The van der Waals surface area contributed by atoms with Crippen LogP contribution in [0.5, 0.6) is 0 Å². The maximum absolute atomic E-state index is 11.8. The van der Waals surface area contributed by atoms with Gasteiger partial charge in [-0.05, 0) is 78.9 Å². The van der Waals surface area contributed by atoms with Gasteiger partial charge in [0.15, 0.2) is 0 Å². The van der Waals surface area contributed by atoms with E-state index in [1.807, 2.05) is 5.48 Å². The molecular formula is C18H22BrNO2. The Kier molecular flexibility index (Phi) is 3.39. The molecule has 1 aromatic carbocycles. The smallest absolute Gasteiger partial charge is 0.243 e. The highest BCUT2D eigenvalue weighted by atomic mass is 79.9. The molecule has 5 rings (SSSR count). The lowest BCUT2D eigenvalue weighted by molar-refractivity contribution is -0.139. The van der Waals surface area contributed by atoms with Gasteiger partial charge in [-0.15, -0.1) is 0 Å². The summed E-state index contributed by atoms with van der Waals surface area (Å²) in [7, 11) is 0. The van der Waals surface area contributed by atoms with E-state index in [0.717, 1.165) is 35.6 Å². The van der Waals surface area contributed by atoms with Crippen molar-refractivity contribution in [3.05, 3.63) is 34.3 Å². The standard InChI is InChI=1S/C18H22BrNO2/c19-15-3-1-14(2-4-15)18-8-12-5-13(9-18)7-17(6-12,11-18)10-16(21)20-22/h1-4,12-13,22H,5-11H2,(H,20,21). The van der Waals surface area contributed by atoms with Gasteiger partial charge in [-0.2, -0.15) is 0 Å². The molecule has 0 heterocycles. The van der Waals surface area contributed by atoms with E-state index in [4.69, 9.17) is 5.21 Å². The number of hydroxylamine groups is 1. The molecule has 2 unspecified atom stereocenters. The lowest BCUT2D eigenvalue weighted by Crippen LogP contribution is -2.55. The van der Waals surface area contributed by atoms with Gasteiger partial charge in [0, 0.05) is 10.9 Å². The van der Waals surface area contributed by atoms with Crippen LogP contribution < -0.4 is 5.48 Å². The fourth-order valence-electron chi connectivity index (χ4n) is 6.18. The minimum atomic E-state index is -0.215. The zero-order chi connectivity index (χ0) is 15.4. The average Bonchev–Trinajstić information content (AvgIpc) is 2.45. The van der Waals surface area contributed by atoms with E-state index < -0.39 is 0 Å². The van der Waals surface area contributed by atoms with E-state index in [1.54, 1.807) is 0 Å². The summed E-state index contributed by atoms with van der Waals surface area (Å²) >= 11 is 3.53. The molecule has 4 heteroatoms. The third-order valence-corrected chi connectivity index (χ3v) is 6.83. The van der Waals surface area contributed by atoms with Crippen LogP contribution in [0.15, 0.2) is 28.7 Å². The fraction of sp³-hybridized carbons (Fsp3) is 0.611. The van der Waals surface area contributed by atoms with Crippen LogP contribution in [0.4, 0.5) is 0 Å². The van der Waals surface area contributed by atoms with Crippen LogP contribution in [0.3, 0.4) is 0 Å². The number of halogens is 1. The second kappa shape index (κ2) is 5.07. The van der Waals surface area contributed by atoms with E-state index in [0.29, 0.717) is 6.42 Å². The Balaban J connectivity index is 1.69. The Hall–Kier alpha value is -0.870. The third-order valence-electron chi connectivity index (χ3n) is 6.30. The molecule has 22 heavy (non-hydrogen) atoms. The molecule has 1 amide bonds. The Morgan fingerprint density at radius 1 is 1.18 bits per heavy atom. The summed E-state index contributed by atoms with van der Waals surface area (Å²) in [5.41, 5.74) is 3.65. The highest BCUT2D eigenvalue weighted by Gasteiger charge is 2.58. The summed E-state index contributed by atoms with van der Waals surface area (Å²) in [6.07, 6.45) is 7.78. The van der Waals surface area contributed by atoms with Gasteiger partial charge in [-0.1, -0.05) is 28.1 Å². The van der Waals surface area contributed by atoms with Gasteiger partial charge in [0.25, 0.3) is 0 Å². The average molecular weight is 364 g/mol. The molecule has 2 N–H and O–H groups in total. The zero-order valence-electron chi connectivity index (χ0n) is 12.6. The first-order valence-electron chi connectivity index (χ1n) is 8.22. The van der Waals surface area contributed by atoms with Crippen molar-refractivity contribution >= 4 is 21.8 Å². The molecule has 3 nitrogen and oxygen atoms in total. The molecule has 4 bridgehead atoms. The maximum Gasteiger partial charge on any atom is 0.243 e. The van der Waals surface area contributed by atoms with Gasteiger partial charge in [0.1, 0.15) is 0 Å². The normalized spacial score (nSPS) is 39.0. The number of carbonyl (C=O) groups excluding carboxylic acids is 1. The molecule has 0 spiro atoms. The summed E-state index contributed by atoms with van der Waals surface area (Å²) < 4.78 is 1.12. The van der Waals surface area contributed by atoms with Crippen LogP contribution in [0.2, 0.25) is 0 Å². The zero-order valence-corrected chi connectivity index (χ0v) is 14.2. The maximum atomic E-state index is 11.8. The van der Waals surface area contributed by atoms with Crippen molar-refractivity contribution in [1.82, 2.24) is 5.48 Å². The number of benzene rings is 1. The second-order valence-corrected chi connectivity index (χ2v) is 8.88. The Labute approximate surface area is 139 Å². The molecule has 0 saturated heterocycles. The summed E-state index contributed by atoms with van der Waals surface area (Å²) in [6.45, 7) is 0. The van der Waals surface area contributed by atoms with Crippen molar-refractivity contribution in [2.75, 3.05) is 0 Å². The lowest BCUT2D eigenvalue weighted by Gasteiger charge is -2.62. The van der Waals surface area contributed by atoms with E-state index >= 15 is 0 Å². The molecule has 2 atom stereocenters. The van der Waals surface area contributed by atoms with Gasteiger partial charge < -0.3 is 0 Å². The summed E-state index contributed by atoms with van der Waals surface area (Å²) in [5, 5.41) is 8.94. The summed E-state index contributed by atoms with van der Waals surface area (Å²) in [5.74, 6) is 1.28. The van der Waals surface area contributed by atoms with Crippen LogP contribution in [0.1, 0.15) is 50.5 Å². The van der Waals surface area contributed by atoms with Crippen molar-refractivity contribution in [3.63, 3.8) is 0 Å². The Morgan fingerprint density at radius 2 is 1.82 bits per heavy atom. The third kappa shape index (κ3) is 2.31. The highest BCUT2D eigenvalue weighted by molar-refractivity contribution is 9.10. The predicted octanol–water partition coefficient (Wildman–Crippen LogP) is 4.18. The Bertz CT molecular complexity index is 584. The second-order valence-electron chi connectivity index (χ2n) is 7.96. The lowest BCUT2D eigenvalue weighted by atomic mass is 9.42. The minimum absolute atomic E-state index is 0.101. The first kappa shape index (κ1) is 14.7. The van der Waals surface area contributed by atoms with Crippen LogP contribution >= 0.6 is 15.9 Å².